The van der Waals surface area contributed by atoms with E-state index in [1.165, 1.54) is 17.3 Å². The maximum absolute atomic E-state index is 12.2. The molecule has 0 fully saturated rings. The van der Waals surface area contributed by atoms with Gasteiger partial charge in [0, 0.05) is 17.0 Å². The highest BCUT2D eigenvalue weighted by atomic mass is 32.2. The van der Waals surface area contributed by atoms with E-state index in [0.29, 0.717) is 17.9 Å². The Morgan fingerprint density at radius 3 is 2.82 bits per heavy atom. The molecule has 2 aromatic rings. The summed E-state index contributed by atoms with van der Waals surface area (Å²) in [5.74, 6) is 0.276. The zero-order valence-electron chi connectivity index (χ0n) is 12.0. The predicted octanol–water partition coefficient (Wildman–Crippen LogP) is 2.70. The summed E-state index contributed by atoms with van der Waals surface area (Å²) in [4.78, 5) is 24.6. The largest absolute Gasteiger partial charge is 0.352 e. The van der Waals surface area contributed by atoms with E-state index in [1.54, 1.807) is 12.1 Å². The molecule has 2 N–H and O–H groups in total. The van der Waals surface area contributed by atoms with Crippen LogP contribution in [-0.2, 0) is 11.2 Å². The van der Waals surface area contributed by atoms with Gasteiger partial charge in [-0.1, -0.05) is 30.3 Å². The summed E-state index contributed by atoms with van der Waals surface area (Å²) >= 11 is 1.49. The lowest BCUT2D eigenvalue weighted by Gasteiger charge is -2.16. The second kappa shape index (κ2) is 6.66. The molecule has 4 nitrogen and oxygen atoms in total. The van der Waals surface area contributed by atoms with Crippen molar-refractivity contribution >= 4 is 29.3 Å². The number of hydrogen-bond acceptors (Lipinski definition) is 3. The summed E-state index contributed by atoms with van der Waals surface area (Å²) in [5.41, 5.74) is 2.48. The minimum absolute atomic E-state index is 0.0286. The third kappa shape index (κ3) is 3.49. The van der Waals surface area contributed by atoms with Crippen molar-refractivity contribution in [2.45, 2.75) is 11.3 Å². The molecular weight excluding hydrogens is 296 g/mol. The van der Waals surface area contributed by atoms with Crippen LogP contribution in [-0.4, -0.2) is 24.1 Å². The molecule has 0 saturated heterocycles. The zero-order chi connectivity index (χ0) is 15.4. The third-order valence-electron chi connectivity index (χ3n) is 3.42. The Morgan fingerprint density at radius 1 is 1.18 bits per heavy atom. The lowest BCUT2D eigenvalue weighted by molar-refractivity contribution is -0.113. The van der Waals surface area contributed by atoms with Crippen molar-refractivity contribution < 1.29 is 9.59 Å². The molecule has 0 spiro atoms. The minimum atomic E-state index is -0.122. The Kier molecular flexibility index (Phi) is 4.44. The van der Waals surface area contributed by atoms with Crippen LogP contribution in [0, 0.1) is 0 Å². The van der Waals surface area contributed by atoms with Gasteiger partial charge in [0.05, 0.1) is 11.4 Å². The maximum Gasteiger partial charge on any atom is 0.251 e. The first-order chi connectivity index (χ1) is 10.7. The first kappa shape index (κ1) is 14.7. The normalized spacial score (nSPS) is 13.2. The molecule has 0 unspecified atom stereocenters. The number of rotatable bonds is 4. The second-order valence-corrected chi connectivity index (χ2v) is 6.06. The fourth-order valence-corrected chi connectivity index (χ4v) is 3.08. The number of fused-ring (bicyclic) bond motifs is 1. The van der Waals surface area contributed by atoms with Crippen LogP contribution in [0.2, 0.25) is 0 Å². The van der Waals surface area contributed by atoms with Crippen molar-refractivity contribution in [3.63, 3.8) is 0 Å². The van der Waals surface area contributed by atoms with E-state index in [9.17, 15) is 9.59 Å². The molecule has 0 saturated carbocycles. The average molecular weight is 312 g/mol. The van der Waals surface area contributed by atoms with Gasteiger partial charge in [-0.15, -0.1) is 11.8 Å². The van der Waals surface area contributed by atoms with Gasteiger partial charge in [-0.05, 0) is 30.2 Å². The summed E-state index contributed by atoms with van der Waals surface area (Å²) < 4.78 is 0. The summed E-state index contributed by atoms with van der Waals surface area (Å²) in [7, 11) is 0. The van der Waals surface area contributed by atoms with Gasteiger partial charge in [-0.3, -0.25) is 9.59 Å². The van der Waals surface area contributed by atoms with Gasteiger partial charge in [0.15, 0.2) is 0 Å². The average Bonchev–Trinajstić information content (AvgIpc) is 2.55. The van der Waals surface area contributed by atoms with Crippen molar-refractivity contribution in [3.05, 3.63) is 59.7 Å². The third-order valence-corrected chi connectivity index (χ3v) is 4.49. The Morgan fingerprint density at radius 2 is 2.00 bits per heavy atom. The van der Waals surface area contributed by atoms with Crippen molar-refractivity contribution in [1.82, 2.24) is 5.32 Å². The van der Waals surface area contributed by atoms with Crippen LogP contribution < -0.4 is 10.6 Å². The number of carbonyl (C=O) groups is 2. The molecule has 1 aliphatic heterocycles. The van der Waals surface area contributed by atoms with Crippen molar-refractivity contribution in [1.29, 1.82) is 0 Å². The molecule has 112 valence electrons. The molecule has 0 aliphatic carbocycles. The highest BCUT2D eigenvalue weighted by Gasteiger charge is 2.17. The molecule has 2 aromatic carbocycles. The Hall–Kier alpha value is -2.27. The minimum Gasteiger partial charge on any atom is -0.352 e. The fraction of sp³-hybridized carbons (Fsp3) is 0.176. The topological polar surface area (TPSA) is 58.2 Å². The zero-order valence-corrected chi connectivity index (χ0v) is 12.8. The van der Waals surface area contributed by atoms with Gasteiger partial charge in [0.2, 0.25) is 5.91 Å². The van der Waals surface area contributed by atoms with Crippen molar-refractivity contribution in [2.24, 2.45) is 0 Å². The van der Waals surface area contributed by atoms with Gasteiger partial charge in [-0.25, -0.2) is 0 Å². The molecule has 5 heteroatoms. The van der Waals surface area contributed by atoms with Gasteiger partial charge in [0.1, 0.15) is 0 Å². The molecule has 1 aliphatic rings. The molecule has 2 amide bonds. The van der Waals surface area contributed by atoms with E-state index < -0.39 is 0 Å². The smallest absolute Gasteiger partial charge is 0.251 e. The van der Waals surface area contributed by atoms with Crippen LogP contribution in [0.25, 0.3) is 0 Å². The quantitative estimate of drug-likeness (QED) is 0.912. The standard InChI is InChI=1S/C17H16N2O2S/c20-16-11-22-15-7-6-13(10-14(15)19-16)17(21)18-9-8-12-4-2-1-3-5-12/h1-7,10H,8-9,11H2,(H,18,21)(H,19,20). The molecule has 3 rings (SSSR count). The highest BCUT2D eigenvalue weighted by molar-refractivity contribution is 8.00. The predicted molar refractivity (Wildman–Crippen MR) is 88.3 cm³/mol. The van der Waals surface area contributed by atoms with E-state index in [0.717, 1.165) is 17.0 Å². The van der Waals surface area contributed by atoms with Gasteiger partial charge in [-0.2, -0.15) is 0 Å². The van der Waals surface area contributed by atoms with E-state index in [1.807, 2.05) is 36.4 Å². The van der Waals surface area contributed by atoms with Crippen LogP contribution in [0.15, 0.2) is 53.4 Å². The number of benzene rings is 2. The maximum atomic E-state index is 12.2. The van der Waals surface area contributed by atoms with Gasteiger partial charge < -0.3 is 10.6 Å². The summed E-state index contributed by atoms with van der Waals surface area (Å²) in [5, 5.41) is 5.70. The number of thioether (sulfide) groups is 1. The van der Waals surface area contributed by atoms with Crippen molar-refractivity contribution in [3.8, 4) is 0 Å². The van der Waals surface area contributed by atoms with Crippen LogP contribution >= 0.6 is 11.8 Å². The van der Waals surface area contributed by atoms with E-state index >= 15 is 0 Å². The van der Waals surface area contributed by atoms with E-state index in [2.05, 4.69) is 10.6 Å². The number of hydrogen-bond donors (Lipinski definition) is 2. The lowest BCUT2D eigenvalue weighted by Crippen LogP contribution is -2.26. The number of carbonyl (C=O) groups excluding carboxylic acids is 2. The summed E-state index contributed by atoms with van der Waals surface area (Å²) in [6.45, 7) is 0.584. The van der Waals surface area contributed by atoms with Gasteiger partial charge in [0.25, 0.3) is 5.91 Å². The first-order valence-electron chi connectivity index (χ1n) is 7.11. The van der Waals surface area contributed by atoms with Crippen LogP contribution in [0.3, 0.4) is 0 Å². The Balaban J connectivity index is 1.60. The number of anilines is 1. The second-order valence-electron chi connectivity index (χ2n) is 5.04. The van der Waals surface area contributed by atoms with Crippen LogP contribution in [0.1, 0.15) is 15.9 Å². The summed E-state index contributed by atoms with van der Waals surface area (Å²) in [6, 6.07) is 15.4. The molecular formula is C17H16N2O2S. The highest BCUT2D eigenvalue weighted by Crippen LogP contribution is 2.31. The van der Waals surface area contributed by atoms with Crippen molar-refractivity contribution in [2.75, 3.05) is 17.6 Å². The monoisotopic (exact) mass is 312 g/mol. The Bertz CT molecular complexity index is 701. The molecule has 0 atom stereocenters. The molecule has 0 aromatic heterocycles. The van der Waals surface area contributed by atoms with E-state index in [-0.39, 0.29) is 11.8 Å². The molecule has 22 heavy (non-hydrogen) atoms. The lowest BCUT2D eigenvalue weighted by atomic mass is 10.1. The van der Waals surface area contributed by atoms with Gasteiger partial charge >= 0.3 is 0 Å². The summed E-state index contributed by atoms with van der Waals surface area (Å²) in [6.07, 6.45) is 0.796. The SMILES string of the molecule is O=C1CSc2ccc(C(=O)NCCc3ccccc3)cc2N1. The van der Waals surface area contributed by atoms with E-state index in [4.69, 9.17) is 0 Å². The van der Waals surface area contributed by atoms with Crippen LogP contribution in [0.4, 0.5) is 5.69 Å². The Labute approximate surface area is 133 Å². The molecule has 0 bridgehead atoms. The first-order valence-corrected chi connectivity index (χ1v) is 8.10. The fourth-order valence-electron chi connectivity index (χ4n) is 2.29. The number of amides is 2. The number of nitrogens with one attached hydrogen (secondary N) is 2. The van der Waals surface area contributed by atoms with Crippen LogP contribution in [0.5, 0.6) is 0 Å². The molecule has 1 heterocycles. The molecule has 0 radical (unpaired) electrons.